The van der Waals surface area contributed by atoms with Gasteiger partial charge in [0, 0.05) is 19.4 Å². The molecule has 0 aromatic carbocycles. The number of anilines is 1. The number of amides is 1. The van der Waals surface area contributed by atoms with Crippen molar-refractivity contribution >= 4 is 28.0 Å². The van der Waals surface area contributed by atoms with Crippen molar-refractivity contribution in [3.63, 3.8) is 0 Å². The maximum absolute atomic E-state index is 12.3. The number of carbonyl (C=O) groups is 1. The van der Waals surface area contributed by atoms with Crippen molar-refractivity contribution in [1.29, 1.82) is 0 Å². The molecule has 0 radical (unpaired) electrons. The second-order valence-electron chi connectivity index (χ2n) is 4.41. The molecule has 1 atom stereocenters. The minimum absolute atomic E-state index is 0.205. The van der Waals surface area contributed by atoms with Crippen molar-refractivity contribution in [3.8, 4) is 0 Å². The van der Waals surface area contributed by atoms with E-state index in [1.165, 1.54) is 11.3 Å². The number of nitrogens with two attached hydrogens (primary N) is 1. The van der Waals surface area contributed by atoms with Crippen molar-refractivity contribution < 1.29 is 4.79 Å². The Kier molecular flexibility index (Phi) is 2.90. The van der Waals surface area contributed by atoms with E-state index < -0.39 is 0 Å². The molecule has 0 saturated carbocycles. The molecule has 9 heteroatoms. The molecule has 0 aliphatic heterocycles. The Morgan fingerprint density at radius 2 is 2.25 bits per heavy atom. The van der Waals surface area contributed by atoms with Crippen LogP contribution in [0.4, 0.5) is 5.13 Å². The lowest BCUT2D eigenvalue weighted by molar-refractivity contribution is 0.0941. The zero-order valence-corrected chi connectivity index (χ0v) is 11.8. The molecule has 0 saturated heterocycles. The van der Waals surface area contributed by atoms with Gasteiger partial charge in [-0.25, -0.2) is 4.52 Å². The Morgan fingerprint density at radius 3 is 2.95 bits per heavy atom. The Bertz CT molecular complexity index is 771. The van der Waals surface area contributed by atoms with E-state index in [9.17, 15) is 4.79 Å². The first-order valence-electron chi connectivity index (χ1n) is 5.94. The number of hydrogen-bond donors (Lipinski definition) is 2. The number of fused-ring (bicyclic) bond motifs is 1. The van der Waals surface area contributed by atoms with E-state index in [2.05, 4.69) is 20.6 Å². The summed E-state index contributed by atoms with van der Waals surface area (Å²) in [5.74, 6) is -0.205. The summed E-state index contributed by atoms with van der Waals surface area (Å²) < 4.78 is 3.50. The normalized spacial score (nSPS) is 12.7. The van der Waals surface area contributed by atoms with Crippen LogP contribution >= 0.6 is 11.3 Å². The van der Waals surface area contributed by atoms with Crippen LogP contribution in [0.1, 0.15) is 28.3 Å². The third-order valence-electron chi connectivity index (χ3n) is 2.95. The average Bonchev–Trinajstić information content (AvgIpc) is 3.07. The van der Waals surface area contributed by atoms with Gasteiger partial charge < -0.3 is 15.6 Å². The van der Waals surface area contributed by atoms with Crippen LogP contribution in [-0.4, -0.2) is 30.3 Å². The van der Waals surface area contributed by atoms with E-state index in [1.54, 1.807) is 16.9 Å². The number of aromatic nitrogens is 5. The first-order valence-corrected chi connectivity index (χ1v) is 6.76. The third kappa shape index (κ3) is 2.01. The van der Waals surface area contributed by atoms with Crippen LogP contribution in [0.2, 0.25) is 0 Å². The average molecular weight is 291 g/mol. The monoisotopic (exact) mass is 291 g/mol. The summed E-state index contributed by atoms with van der Waals surface area (Å²) in [6.45, 7) is 1.84. The van der Waals surface area contributed by atoms with Crippen molar-refractivity contribution in [2.45, 2.75) is 13.0 Å². The van der Waals surface area contributed by atoms with Gasteiger partial charge in [0.05, 0.1) is 12.2 Å². The number of nitrogens with zero attached hydrogens (tertiary/aromatic N) is 5. The number of nitrogen functional groups attached to an aromatic ring is 1. The number of aryl methyl sites for hydroxylation is 1. The maximum Gasteiger partial charge on any atom is 0.257 e. The van der Waals surface area contributed by atoms with Gasteiger partial charge in [0.1, 0.15) is 16.2 Å². The van der Waals surface area contributed by atoms with E-state index in [4.69, 9.17) is 5.73 Å². The Balaban J connectivity index is 1.84. The largest absolute Gasteiger partial charge is 0.374 e. The van der Waals surface area contributed by atoms with Gasteiger partial charge in [0.2, 0.25) is 5.13 Å². The predicted octanol–water partition coefficient (Wildman–Crippen LogP) is 0.597. The minimum atomic E-state index is -0.257. The van der Waals surface area contributed by atoms with Gasteiger partial charge in [-0.15, -0.1) is 10.2 Å². The van der Waals surface area contributed by atoms with E-state index in [0.29, 0.717) is 15.7 Å². The number of hydrogen-bond acceptors (Lipinski definition) is 6. The van der Waals surface area contributed by atoms with Gasteiger partial charge in [-0.2, -0.15) is 5.10 Å². The van der Waals surface area contributed by atoms with Crippen molar-refractivity contribution in [2.75, 3.05) is 5.73 Å². The van der Waals surface area contributed by atoms with E-state index >= 15 is 0 Å². The van der Waals surface area contributed by atoms with Crippen LogP contribution in [0.5, 0.6) is 0 Å². The van der Waals surface area contributed by atoms with Gasteiger partial charge in [0.15, 0.2) is 0 Å². The van der Waals surface area contributed by atoms with Crippen LogP contribution in [-0.2, 0) is 7.05 Å². The quantitative estimate of drug-likeness (QED) is 0.735. The fourth-order valence-electron chi connectivity index (χ4n) is 1.97. The number of rotatable bonds is 3. The topological polar surface area (TPSA) is 103 Å². The van der Waals surface area contributed by atoms with E-state index in [0.717, 1.165) is 5.65 Å². The highest BCUT2D eigenvalue weighted by atomic mass is 32.1. The second kappa shape index (κ2) is 4.60. The zero-order valence-electron chi connectivity index (χ0n) is 10.9. The molecule has 1 unspecified atom stereocenters. The molecule has 104 valence electrons. The summed E-state index contributed by atoms with van der Waals surface area (Å²) in [5, 5.41) is 15.7. The molecule has 0 spiro atoms. The first-order chi connectivity index (χ1) is 9.56. The highest BCUT2D eigenvalue weighted by Gasteiger charge is 2.19. The Morgan fingerprint density at radius 1 is 1.45 bits per heavy atom. The molecule has 0 aliphatic rings. The van der Waals surface area contributed by atoms with Crippen LogP contribution in [0, 0.1) is 0 Å². The van der Waals surface area contributed by atoms with Crippen LogP contribution < -0.4 is 11.1 Å². The summed E-state index contributed by atoms with van der Waals surface area (Å²) in [7, 11) is 1.86. The van der Waals surface area contributed by atoms with Gasteiger partial charge in [-0.05, 0) is 6.92 Å². The minimum Gasteiger partial charge on any atom is -0.374 e. The summed E-state index contributed by atoms with van der Waals surface area (Å²) >= 11 is 1.26. The molecular weight excluding hydrogens is 278 g/mol. The highest BCUT2D eigenvalue weighted by Crippen LogP contribution is 2.20. The van der Waals surface area contributed by atoms with Crippen molar-refractivity contribution in [1.82, 2.24) is 29.7 Å². The molecule has 3 N–H and O–H groups in total. The Hall–Kier alpha value is -2.42. The number of imidazole rings is 1. The van der Waals surface area contributed by atoms with Crippen LogP contribution in [0.15, 0.2) is 18.6 Å². The summed E-state index contributed by atoms with van der Waals surface area (Å²) in [6.07, 6.45) is 5.18. The molecule has 0 fully saturated rings. The zero-order chi connectivity index (χ0) is 14.3. The molecule has 3 aromatic rings. The van der Waals surface area contributed by atoms with E-state index in [-0.39, 0.29) is 11.9 Å². The van der Waals surface area contributed by atoms with E-state index in [1.807, 2.05) is 24.7 Å². The smallest absolute Gasteiger partial charge is 0.257 e. The highest BCUT2D eigenvalue weighted by molar-refractivity contribution is 7.15. The molecule has 1 amide bonds. The number of nitrogens with one attached hydrogen (secondary N) is 1. The molecule has 3 rings (SSSR count). The third-order valence-corrected chi connectivity index (χ3v) is 3.89. The number of carbonyl (C=O) groups excluding carboxylic acids is 1. The second-order valence-corrected chi connectivity index (χ2v) is 5.45. The van der Waals surface area contributed by atoms with Gasteiger partial charge in [0.25, 0.3) is 5.91 Å². The van der Waals surface area contributed by atoms with Gasteiger partial charge in [-0.1, -0.05) is 11.3 Å². The first kappa shape index (κ1) is 12.6. The van der Waals surface area contributed by atoms with Crippen molar-refractivity contribution in [3.05, 3.63) is 29.2 Å². The maximum atomic E-state index is 12.3. The van der Waals surface area contributed by atoms with Gasteiger partial charge >= 0.3 is 0 Å². The SMILES string of the molecule is CC(NC(=O)c1cnn2ccn(C)c12)c1nnc(N)s1. The molecule has 3 aromatic heterocycles. The predicted molar refractivity (Wildman–Crippen MR) is 74.4 cm³/mol. The summed E-state index contributed by atoms with van der Waals surface area (Å²) in [6, 6.07) is -0.257. The fourth-order valence-corrected chi connectivity index (χ4v) is 2.58. The van der Waals surface area contributed by atoms with Crippen LogP contribution in [0.25, 0.3) is 5.65 Å². The molecule has 8 nitrogen and oxygen atoms in total. The molecule has 0 bridgehead atoms. The molecule has 3 heterocycles. The van der Waals surface area contributed by atoms with Gasteiger partial charge in [-0.3, -0.25) is 4.79 Å². The summed E-state index contributed by atoms with van der Waals surface area (Å²) in [5.41, 5.74) is 6.80. The molecular formula is C11H13N7OS. The Labute approximate surface area is 118 Å². The lowest BCUT2D eigenvalue weighted by Gasteiger charge is -2.09. The molecule has 20 heavy (non-hydrogen) atoms. The summed E-state index contributed by atoms with van der Waals surface area (Å²) in [4.78, 5) is 12.3. The standard InChI is InChI=1S/C11H13N7OS/c1-6(9-15-16-11(12)20-9)14-8(19)7-5-13-18-4-3-17(2)10(7)18/h3-6H,1-2H3,(H2,12,16)(H,14,19). The lowest BCUT2D eigenvalue weighted by Crippen LogP contribution is -2.26. The van der Waals surface area contributed by atoms with Crippen molar-refractivity contribution in [2.24, 2.45) is 7.05 Å². The fraction of sp³-hybridized carbons (Fsp3) is 0.273. The lowest BCUT2D eigenvalue weighted by atomic mass is 10.3. The van der Waals surface area contributed by atoms with Crippen LogP contribution in [0.3, 0.4) is 0 Å². The molecule has 0 aliphatic carbocycles.